The zero-order valence-corrected chi connectivity index (χ0v) is 4.63. The van der Waals surface area contributed by atoms with Crippen molar-refractivity contribution in [3.05, 3.63) is 25.3 Å². The molecule has 0 aliphatic rings. The summed E-state index contributed by atoms with van der Waals surface area (Å²) in [6, 6.07) is 0. The second-order valence-electron chi connectivity index (χ2n) is 0.471. The Morgan fingerprint density at radius 3 is 1.20 bits per heavy atom. The maximum Gasteiger partial charge on any atom is 2.00 e. The van der Waals surface area contributed by atoms with E-state index < -0.39 is 0 Å². The molecule has 0 radical (unpaired) electrons. The van der Waals surface area contributed by atoms with E-state index in [2.05, 4.69) is 13.2 Å². The van der Waals surface area contributed by atoms with Crippen LogP contribution in [0.15, 0.2) is 25.3 Å². The van der Waals surface area contributed by atoms with Crippen LogP contribution in [0.3, 0.4) is 0 Å². The molecule has 0 atom stereocenters. The summed E-state index contributed by atoms with van der Waals surface area (Å²) in [4.78, 5) is 0. The Morgan fingerprint density at radius 2 is 1.20 bits per heavy atom. The minimum absolute atomic E-state index is 0. The molecule has 0 heterocycles. The average molecular weight is 102 g/mol. The van der Waals surface area contributed by atoms with Crippen molar-refractivity contribution >= 4 is 0 Å². The summed E-state index contributed by atoms with van der Waals surface area (Å²) in [6.45, 7) is 6.72. The largest absolute Gasteiger partial charge is 2.00 e. The second-order valence-corrected chi connectivity index (χ2v) is 0.471. The number of rotatable bonds is 1. The summed E-state index contributed by atoms with van der Waals surface area (Å²) in [5.41, 5.74) is 0. The van der Waals surface area contributed by atoms with Crippen molar-refractivity contribution in [1.29, 1.82) is 0 Å². The molecule has 0 fully saturated rings. The minimum Gasteiger partial charge on any atom is -0.0991 e. The van der Waals surface area contributed by atoms with Gasteiger partial charge in [-0.3, -0.25) is 0 Å². The van der Waals surface area contributed by atoms with E-state index in [1.807, 2.05) is 0 Å². The second kappa shape index (κ2) is 8.89. The fourth-order valence-corrected chi connectivity index (χ4v) is 0. The Labute approximate surface area is 47.5 Å². The van der Waals surface area contributed by atoms with Gasteiger partial charge in [-0.05, 0) is 0 Å². The van der Waals surface area contributed by atoms with Crippen LogP contribution in [-0.4, -0.2) is 0 Å². The normalized spacial score (nSPS) is 4.00. The molecule has 5 heavy (non-hydrogen) atoms. The third-order valence-corrected chi connectivity index (χ3v) is 0.167. The van der Waals surface area contributed by atoms with Crippen LogP contribution in [0.25, 0.3) is 0 Å². The quantitative estimate of drug-likeness (QED) is 0.346. The zero-order chi connectivity index (χ0) is 3.41. The summed E-state index contributed by atoms with van der Waals surface area (Å²) >= 11 is 0. The molecule has 0 nitrogen and oxygen atoms in total. The molecule has 0 aromatic rings. The van der Waals surface area contributed by atoms with Gasteiger partial charge in [-0.25, -0.2) is 0 Å². The van der Waals surface area contributed by atoms with E-state index >= 15 is 0 Å². The zero-order valence-electron chi connectivity index (χ0n) is 3.07. The molecule has 0 spiro atoms. The molecule has 0 unspecified atom stereocenters. The van der Waals surface area contributed by atoms with Gasteiger partial charge < -0.3 is 0 Å². The monoisotopic (exact) mass is 102 g/mol. The third-order valence-electron chi connectivity index (χ3n) is 0.167. The summed E-state index contributed by atoms with van der Waals surface area (Å²) < 4.78 is 0. The number of hydrogen-bond acceptors (Lipinski definition) is 0. The van der Waals surface area contributed by atoms with Gasteiger partial charge in [0.05, 0.1) is 0 Å². The first-order valence-corrected chi connectivity index (χ1v) is 1.15. The molecule has 0 saturated heterocycles. The van der Waals surface area contributed by atoms with E-state index in [0.717, 1.165) is 0 Å². The van der Waals surface area contributed by atoms with Gasteiger partial charge in [0.1, 0.15) is 0 Å². The van der Waals surface area contributed by atoms with Crippen LogP contribution in [0.1, 0.15) is 0 Å². The van der Waals surface area contributed by atoms with Crippen LogP contribution in [-0.2, 0) is 21.7 Å². The molecule has 0 N–H and O–H groups in total. The summed E-state index contributed by atoms with van der Waals surface area (Å²) in [6.07, 6.45) is 3.28. The molecule has 0 bridgehead atoms. The number of hydrogen-bond donors (Lipinski definition) is 0. The Morgan fingerprint density at radius 1 is 1.00 bits per heavy atom. The standard InChI is InChI=1S/C4H6.Ti/c1-3-4-2;/h3-4H,1-2H2;/q;+2. The summed E-state index contributed by atoms with van der Waals surface area (Å²) in [5.74, 6) is 0. The molecule has 0 saturated carbocycles. The van der Waals surface area contributed by atoms with Crippen LogP contribution in [0.5, 0.6) is 0 Å². The molecule has 1 heteroatoms. The Balaban J connectivity index is 0. The van der Waals surface area contributed by atoms with E-state index in [-0.39, 0.29) is 21.7 Å². The van der Waals surface area contributed by atoms with Crippen molar-refractivity contribution in [3.8, 4) is 0 Å². The van der Waals surface area contributed by atoms with E-state index in [4.69, 9.17) is 0 Å². The van der Waals surface area contributed by atoms with E-state index in [1.54, 1.807) is 12.2 Å². The molecule has 0 aromatic carbocycles. The van der Waals surface area contributed by atoms with Gasteiger partial charge in [-0.2, -0.15) is 0 Å². The molecule has 0 amide bonds. The van der Waals surface area contributed by atoms with Gasteiger partial charge in [-0.15, -0.1) is 0 Å². The first-order valence-electron chi connectivity index (χ1n) is 1.15. The van der Waals surface area contributed by atoms with E-state index in [1.165, 1.54) is 0 Å². The minimum atomic E-state index is 0. The molecule has 0 aromatic heterocycles. The maximum atomic E-state index is 3.36. The molecule has 0 aliphatic heterocycles. The molecule has 24 valence electrons. The van der Waals surface area contributed by atoms with Crippen LogP contribution in [0.4, 0.5) is 0 Å². The van der Waals surface area contributed by atoms with E-state index in [0.29, 0.717) is 0 Å². The summed E-state index contributed by atoms with van der Waals surface area (Å²) in [7, 11) is 0. The Bertz CT molecular complexity index is 24.6. The van der Waals surface area contributed by atoms with Crippen LogP contribution < -0.4 is 0 Å². The van der Waals surface area contributed by atoms with Crippen LogP contribution in [0, 0.1) is 0 Å². The molecule has 0 rings (SSSR count). The van der Waals surface area contributed by atoms with Gasteiger partial charge >= 0.3 is 21.7 Å². The molecule has 0 aliphatic carbocycles. The van der Waals surface area contributed by atoms with E-state index in [9.17, 15) is 0 Å². The first-order chi connectivity index (χ1) is 1.91. The SMILES string of the molecule is C=CC=C.[Ti+2]. The Hall–Kier alpha value is 0.194. The molecular weight excluding hydrogens is 95.9 g/mol. The van der Waals surface area contributed by atoms with Crippen molar-refractivity contribution in [2.75, 3.05) is 0 Å². The van der Waals surface area contributed by atoms with Gasteiger partial charge in [0.15, 0.2) is 0 Å². The smallest absolute Gasteiger partial charge is 0.0991 e. The van der Waals surface area contributed by atoms with Gasteiger partial charge in [-0.1, -0.05) is 25.3 Å². The number of allylic oxidation sites excluding steroid dienone is 2. The predicted octanol–water partition coefficient (Wildman–Crippen LogP) is 1.36. The van der Waals surface area contributed by atoms with Crippen LogP contribution >= 0.6 is 0 Å². The van der Waals surface area contributed by atoms with Crippen LogP contribution in [0.2, 0.25) is 0 Å². The fraction of sp³-hybridized carbons (Fsp3) is 0. The topological polar surface area (TPSA) is 0 Å². The van der Waals surface area contributed by atoms with Crippen molar-refractivity contribution in [3.63, 3.8) is 0 Å². The van der Waals surface area contributed by atoms with Crippen molar-refractivity contribution in [2.45, 2.75) is 0 Å². The van der Waals surface area contributed by atoms with Crippen molar-refractivity contribution < 1.29 is 21.7 Å². The van der Waals surface area contributed by atoms with Gasteiger partial charge in [0, 0.05) is 0 Å². The van der Waals surface area contributed by atoms with Crippen molar-refractivity contribution in [2.24, 2.45) is 0 Å². The maximum absolute atomic E-state index is 3.36. The van der Waals surface area contributed by atoms with Gasteiger partial charge in [0.25, 0.3) is 0 Å². The molecular formula is C4H6Ti+2. The average Bonchev–Trinajstić information content (AvgIpc) is 1.37. The fourth-order valence-electron chi connectivity index (χ4n) is 0. The third kappa shape index (κ3) is 14.2. The van der Waals surface area contributed by atoms with Gasteiger partial charge in [0.2, 0.25) is 0 Å². The predicted molar refractivity (Wildman–Crippen MR) is 20.4 cm³/mol. The first kappa shape index (κ1) is 8.96. The Kier molecular flexibility index (Phi) is 15.9. The van der Waals surface area contributed by atoms with Crippen molar-refractivity contribution in [1.82, 2.24) is 0 Å². The summed E-state index contributed by atoms with van der Waals surface area (Å²) in [5, 5.41) is 0.